The summed E-state index contributed by atoms with van der Waals surface area (Å²) in [5.74, 6) is 1.50. The Morgan fingerprint density at radius 2 is 2.12 bits per heavy atom. The molecule has 2 aromatic rings. The molecule has 0 radical (unpaired) electrons. The van der Waals surface area contributed by atoms with Crippen molar-refractivity contribution in [3.05, 3.63) is 53.7 Å². The summed E-state index contributed by atoms with van der Waals surface area (Å²) in [5, 5.41) is 2.70. The van der Waals surface area contributed by atoms with E-state index in [1.807, 2.05) is 11.8 Å². The fourth-order valence-electron chi connectivity index (χ4n) is 2.39. The number of ether oxygens (including phenoxy) is 1. The topological polar surface area (TPSA) is 94.3 Å². The lowest BCUT2D eigenvalue weighted by Crippen LogP contribution is -2.19. The van der Waals surface area contributed by atoms with E-state index in [2.05, 4.69) is 10.3 Å². The highest BCUT2D eigenvalue weighted by Crippen LogP contribution is 2.23. The number of hydrogen-bond donors (Lipinski definition) is 2. The third-order valence-electron chi connectivity index (χ3n) is 3.61. The second kappa shape index (κ2) is 7.35. The number of primary amides is 1. The Hall–Kier alpha value is -2.54. The van der Waals surface area contributed by atoms with E-state index < -0.39 is 5.91 Å². The molecule has 2 amide bonds. The average Bonchev–Trinajstić information content (AvgIpc) is 3.08. The number of nitrogens with one attached hydrogen (secondary N) is 1. The maximum Gasteiger partial charge on any atom is 0.255 e. The summed E-state index contributed by atoms with van der Waals surface area (Å²) in [6, 6.07) is 9.81. The Morgan fingerprint density at radius 3 is 2.88 bits per heavy atom. The minimum absolute atomic E-state index is 0.136. The van der Waals surface area contributed by atoms with Crippen LogP contribution in [0, 0.1) is 0 Å². The lowest BCUT2D eigenvalue weighted by molar-refractivity contribution is 0.100. The summed E-state index contributed by atoms with van der Waals surface area (Å²) in [4.78, 5) is 28.0. The third-order valence-corrected chi connectivity index (χ3v) is 4.74. The minimum Gasteiger partial charge on any atom is -0.473 e. The second-order valence-electron chi connectivity index (χ2n) is 5.35. The molecule has 124 valence electrons. The lowest BCUT2D eigenvalue weighted by Gasteiger charge is -2.12. The van der Waals surface area contributed by atoms with Gasteiger partial charge in [-0.2, -0.15) is 11.8 Å². The molecule has 0 saturated carbocycles. The molecular weight excluding hydrogens is 326 g/mol. The number of carbonyl (C=O) groups excluding carboxylic acids is 2. The maximum absolute atomic E-state index is 12.4. The smallest absolute Gasteiger partial charge is 0.255 e. The molecule has 24 heavy (non-hydrogen) atoms. The summed E-state index contributed by atoms with van der Waals surface area (Å²) < 4.78 is 5.79. The molecule has 0 unspecified atom stereocenters. The molecule has 1 aromatic carbocycles. The zero-order valence-electron chi connectivity index (χ0n) is 12.9. The summed E-state index contributed by atoms with van der Waals surface area (Å²) in [6.45, 7) is 0. The summed E-state index contributed by atoms with van der Waals surface area (Å²) in [6.07, 6.45) is 2.65. The predicted molar refractivity (Wildman–Crippen MR) is 93.5 cm³/mol. The zero-order chi connectivity index (χ0) is 16.9. The van der Waals surface area contributed by atoms with Crippen LogP contribution in [-0.2, 0) is 0 Å². The van der Waals surface area contributed by atoms with Gasteiger partial charge in [-0.3, -0.25) is 9.59 Å². The molecular formula is C17H17N3O3S. The van der Waals surface area contributed by atoms with Crippen LogP contribution in [0.25, 0.3) is 0 Å². The molecule has 2 heterocycles. The molecule has 0 bridgehead atoms. The van der Waals surface area contributed by atoms with Crippen LogP contribution in [0.15, 0.2) is 42.6 Å². The van der Waals surface area contributed by atoms with Gasteiger partial charge in [-0.1, -0.05) is 12.1 Å². The Balaban J connectivity index is 1.74. The molecule has 7 heteroatoms. The fraction of sp³-hybridized carbons (Fsp3) is 0.235. The van der Waals surface area contributed by atoms with Crippen LogP contribution < -0.4 is 15.8 Å². The van der Waals surface area contributed by atoms with Gasteiger partial charge in [0.05, 0.1) is 11.3 Å². The Kier molecular flexibility index (Phi) is 5.00. The zero-order valence-corrected chi connectivity index (χ0v) is 13.7. The first-order valence-corrected chi connectivity index (χ1v) is 8.69. The van der Waals surface area contributed by atoms with E-state index in [1.165, 1.54) is 6.20 Å². The Morgan fingerprint density at radius 1 is 1.29 bits per heavy atom. The number of pyridine rings is 1. The number of benzene rings is 1. The van der Waals surface area contributed by atoms with Gasteiger partial charge in [-0.05, 0) is 30.4 Å². The molecule has 1 fully saturated rings. The van der Waals surface area contributed by atoms with E-state index in [-0.39, 0.29) is 17.6 Å². The van der Waals surface area contributed by atoms with Crippen LogP contribution >= 0.6 is 11.8 Å². The summed E-state index contributed by atoms with van der Waals surface area (Å²) in [7, 11) is 0. The number of carbonyl (C=O) groups is 2. The molecule has 0 spiro atoms. The number of anilines is 1. The number of thioether (sulfide) groups is 1. The van der Waals surface area contributed by atoms with Crippen molar-refractivity contribution in [1.29, 1.82) is 0 Å². The monoisotopic (exact) mass is 343 g/mol. The van der Waals surface area contributed by atoms with Crippen molar-refractivity contribution in [2.24, 2.45) is 5.73 Å². The SMILES string of the molecule is NC(=O)c1ccccc1NC(=O)c1ccnc(O[C@@H]2CCSC2)c1. The van der Waals surface area contributed by atoms with Crippen molar-refractivity contribution in [2.75, 3.05) is 16.8 Å². The van der Waals surface area contributed by atoms with Gasteiger partial charge in [-0.25, -0.2) is 4.98 Å². The number of para-hydroxylation sites is 1. The van der Waals surface area contributed by atoms with E-state index in [4.69, 9.17) is 10.5 Å². The Labute approximate surface area is 143 Å². The number of aromatic nitrogens is 1. The molecule has 0 aliphatic carbocycles. The van der Waals surface area contributed by atoms with Crippen molar-refractivity contribution < 1.29 is 14.3 Å². The van der Waals surface area contributed by atoms with Gasteiger partial charge in [0.25, 0.3) is 11.8 Å². The van der Waals surface area contributed by atoms with Crippen molar-refractivity contribution in [3.63, 3.8) is 0 Å². The van der Waals surface area contributed by atoms with Crippen LogP contribution in [-0.4, -0.2) is 34.4 Å². The van der Waals surface area contributed by atoms with Gasteiger partial charge in [0.15, 0.2) is 0 Å². The first-order chi connectivity index (χ1) is 11.6. The van der Waals surface area contributed by atoms with Gasteiger partial charge in [-0.15, -0.1) is 0 Å². The van der Waals surface area contributed by atoms with E-state index in [0.717, 1.165) is 17.9 Å². The molecule has 1 saturated heterocycles. The molecule has 1 aromatic heterocycles. The molecule has 3 rings (SSSR count). The van der Waals surface area contributed by atoms with Crippen LogP contribution in [0.3, 0.4) is 0 Å². The third kappa shape index (κ3) is 3.86. The van der Waals surface area contributed by atoms with Crippen LogP contribution in [0.5, 0.6) is 5.88 Å². The average molecular weight is 343 g/mol. The highest BCUT2D eigenvalue weighted by atomic mass is 32.2. The van der Waals surface area contributed by atoms with E-state index >= 15 is 0 Å². The highest BCUT2D eigenvalue weighted by Gasteiger charge is 2.18. The lowest BCUT2D eigenvalue weighted by atomic mass is 10.1. The Bertz CT molecular complexity index is 760. The number of amides is 2. The van der Waals surface area contributed by atoms with Gasteiger partial charge in [0.2, 0.25) is 5.88 Å². The van der Waals surface area contributed by atoms with E-state index in [9.17, 15) is 9.59 Å². The van der Waals surface area contributed by atoms with Crippen LogP contribution in [0.4, 0.5) is 5.69 Å². The molecule has 1 aliphatic rings. The van der Waals surface area contributed by atoms with Gasteiger partial charge >= 0.3 is 0 Å². The van der Waals surface area contributed by atoms with Crippen molar-refractivity contribution in [1.82, 2.24) is 4.98 Å². The van der Waals surface area contributed by atoms with Gasteiger partial charge < -0.3 is 15.8 Å². The number of rotatable bonds is 5. The number of nitrogens with zero attached hydrogens (tertiary/aromatic N) is 1. The van der Waals surface area contributed by atoms with Gasteiger partial charge in [0, 0.05) is 23.6 Å². The quantitative estimate of drug-likeness (QED) is 0.869. The van der Waals surface area contributed by atoms with Gasteiger partial charge in [0.1, 0.15) is 6.10 Å². The normalized spacial score (nSPS) is 16.6. The molecule has 1 atom stereocenters. The van der Waals surface area contributed by atoms with E-state index in [1.54, 1.807) is 36.4 Å². The largest absolute Gasteiger partial charge is 0.473 e. The summed E-state index contributed by atoms with van der Waals surface area (Å²) in [5.41, 5.74) is 6.37. The molecule has 6 nitrogen and oxygen atoms in total. The first-order valence-electron chi connectivity index (χ1n) is 7.54. The number of nitrogens with two attached hydrogens (primary N) is 1. The van der Waals surface area contributed by atoms with E-state index in [0.29, 0.717) is 17.1 Å². The number of hydrogen-bond acceptors (Lipinski definition) is 5. The predicted octanol–water partition coefficient (Wildman–Crippen LogP) is 2.32. The van der Waals surface area contributed by atoms with Crippen LogP contribution in [0.2, 0.25) is 0 Å². The molecule has 3 N–H and O–H groups in total. The fourth-order valence-corrected chi connectivity index (χ4v) is 3.49. The standard InChI is InChI=1S/C17H17N3O3S/c18-16(21)13-3-1-2-4-14(13)20-17(22)11-5-7-19-15(9-11)23-12-6-8-24-10-12/h1-5,7,9,12H,6,8,10H2,(H2,18,21)(H,20,22)/t12-/m1/s1. The maximum atomic E-state index is 12.4. The second-order valence-corrected chi connectivity index (χ2v) is 6.50. The highest BCUT2D eigenvalue weighted by molar-refractivity contribution is 7.99. The first kappa shape index (κ1) is 16.3. The van der Waals surface area contributed by atoms with Crippen molar-refractivity contribution in [3.8, 4) is 5.88 Å². The van der Waals surface area contributed by atoms with Crippen molar-refractivity contribution >= 4 is 29.3 Å². The summed E-state index contributed by atoms with van der Waals surface area (Å²) >= 11 is 1.84. The van der Waals surface area contributed by atoms with Crippen LogP contribution in [0.1, 0.15) is 27.1 Å². The molecule has 1 aliphatic heterocycles. The van der Waals surface area contributed by atoms with Crippen molar-refractivity contribution in [2.45, 2.75) is 12.5 Å². The minimum atomic E-state index is -0.594.